The number of hydrogen-bond donors (Lipinski definition) is 2. The van der Waals surface area contributed by atoms with Gasteiger partial charge in [-0.1, -0.05) is 0 Å². The standard InChI is InChI=1S/C8H18N2/c1-2-6-10-8-4-3-7-9-5-1/h9-10H,1-8H2. The van der Waals surface area contributed by atoms with Crippen LogP contribution in [-0.2, 0) is 0 Å². The molecule has 1 heterocycles. The predicted molar refractivity (Wildman–Crippen MR) is 44.2 cm³/mol. The summed E-state index contributed by atoms with van der Waals surface area (Å²) in [5, 5.41) is 6.85. The van der Waals surface area contributed by atoms with Crippen LogP contribution in [0.2, 0.25) is 0 Å². The largest absolute Gasteiger partial charge is 0.317 e. The molecule has 1 saturated heterocycles. The molecule has 10 heavy (non-hydrogen) atoms. The van der Waals surface area contributed by atoms with Gasteiger partial charge >= 0.3 is 0 Å². The van der Waals surface area contributed by atoms with Gasteiger partial charge in [0.2, 0.25) is 0 Å². The molecule has 0 unspecified atom stereocenters. The molecule has 1 aliphatic rings. The molecule has 2 N–H and O–H groups in total. The molecule has 0 bridgehead atoms. The predicted octanol–water partition coefficient (Wildman–Crippen LogP) is 0.740. The first-order valence-corrected chi connectivity index (χ1v) is 4.41. The summed E-state index contributed by atoms with van der Waals surface area (Å²) >= 11 is 0. The zero-order chi connectivity index (χ0) is 7.07. The van der Waals surface area contributed by atoms with Crippen molar-refractivity contribution in [2.75, 3.05) is 26.2 Å². The molecule has 2 nitrogen and oxygen atoms in total. The average molecular weight is 142 g/mol. The van der Waals surface area contributed by atoms with E-state index in [1.165, 1.54) is 51.9 Å². The Bertz CT molecular complexity index is 40.4. The van der Waals surface area contributed by atoms with E-state index >= 15 is 0 Å². The van der Waals surface area contributed by atoms with Crippen LogP contribution in [0.4, 0.5) is 0 Å². The quantitative estimate of drug-likeness (QED) is 0.521. The van der Waals surface area contributed by atoms with Crippen LogP contribution in [0.5, 0.6) is 0 Å². The third-order valence-electron chi connectivity index (χ3n) is 1.91. The maximum atomic E-state index is 3.43. The highest BCUT2D eigenvalue weighted by molar-refractivity contribution is 4.56. The van der Waals surface area contributed by atoms with E-state index < -0.39 is 0 Å². The summed E-state index contributed by atoms with van der Waals surface area (Å²) in [6, 6.07) is 0. The Morgan fingerprint density at radius 2 is 0.800 bits per heavy atom. The Morgan fingerprint density at radius 1 is 0.500 bits per heavy atom. The van der Waals surface area contributed by atoms with Crippen molar-refractivity contribution in [3.63, 3.8) is 0 Å². The second-order valence-electron chi connectivity index (χ2n) is 2.91. The molecule has 0 aliphatic carbocycles. The van der Waals surface area contributed by atoms with E-state index in [0.717, 1.165) is 0 Å². The van der Waals surface area contributed by atoms with Gasteiger partial charge in [0.1, 0.15) is 0 Å². The molecule has 60 valence electrons. The molecule has 0 aromatic heterocycles. The van der Waals surface area contributed by atoms with E-state index in [9.17, 15) is 0 Å². The van der Waals surface area contributed by atoms with Gasteiger partial charge < -0.3 is 10.6 Å². The molecular weight excluding hydrogens is 124 g/mol. The van der Waals surface area contributed by atoms with Gasteiger partial charge in [-0.05, 0) is 51.9 Å². The lowest BCUT2D eigenvalue weighted by Gasteiger charge is -2.09. The van der Waals surface area contributed by atoms with Gasteiger partial charge in [-0.2, -0.15) is 0 Å². The smallest absolute Gasteiger partial charge is 0.00484 e. The minimum Gasteiger partial charge on any atom is -0.317 e. The van der Waals surface area contributed by atoms with Crippen molar-refractivity contribution in [3.05, 3.63) is 0 Å². The van der Waals surface area contributed by atoms with Crippen molar-refractivity contribution >= 4 is 0 Å². The Labute approximate surface area is 63.4 Å². The molecule has 0 atom stereocenters. The second kappa shape index (κ2) is 5.69. The summed E-state index contributed by atoms with van der Waals surface area (Å²) < 4.78 is 0. The summed E-state index contributed by atoms with van der Waals surface area (Å²) in [5.41, 5.74) is 0. The van der Waals surface area contributed by atoms with Gasteiger partial charge in [0, 0.05) is 0 Å². The Hall–Kier alpha value is -0.0800. The van der Waals surface area contributed by atoms with Gasteiger partial charge in [0.25, 0.3) is 0 Å². The fraction of sp³-hybridized carbons (Fsp3) is 1.00. The first-order valence-electron chi connectivity index (χ1n) is 4.41. The van der Waals surface area contributed by atoms with E-state index in [1.807, 2.05) is 0 Å². The Morgan fingerprint density at radius 3 is 1.10 bits per heavy atom. The first-order chi connectivity index (χ1) is 5.00. The molecule has 2 heteroatoms. The minimum atomic E-state index is 1.21. The summed E-state index contributed by atoms with van der Waals surface area (Å²) in [5.74, 6) is 0. The maximum Gasteiger partial charge on any atom is -0.00484 e. The highest BCUT2D eigenvalue weighted by Crippen LogP contribution is 1.90. The van der Waals surface area contributed by atoms with Gasteiger partial charge in [-0.15, -0.1) is 0 Å². The number of hydrogen-bond acceptors (Lipinski definition) is 2. The lowest BCUT2D eigenvalue weighted by atomic mass is 10.2. The monoisotopic (exact) mass is 142 g/mol. The van der Waals surface area contributed by atoms with Crippen molar-refractivity contribution < 1.29 is 0 Å². The molecule has 0 amide bonds. The molecule has 0 radical (unpaired) electrons. The normalized spacial score (nSPS) is 24.0. The van der Waals surface area contributed by atoms with E-state index in [0.29, 0.717) is 0 Å². The Kier molecular flexibility index (Phi) is 4.56. The molecular formula is C8H18N2. The first kappa shape index (κ1) is 8.02. The zero-order valence-corrected chi connectivity index (χ0v) is 6.66. The fourth-order valence-corrected chi connectivity index (χ4v) is 1.25. The fourth-order valence-electron chi connectivity index (χ4n) is 1.25. The lowest BCUT2D eigenvalue weighted by molar-refractivity contribution is 0.523. The number of rotatable bonds is 0. The van der Waals surface area contributed by atoms with Crippen LogP contribution in [0.25, 0.3) is 0 Å². The molecule has 0 aromatic rings. The van der Waals surface area contributed by atoms with Crippen LogP contribution in [0.1, 0.15) is 25.7 Å². The van der Waals surface area contributed by atoms with Crippen LogP contribution < -0.4 is 10.6 Å². The number of nitrogens with one attached hydrogen (secondary N) is 2. The molecule has 0 aromatic carbocycles. The maximum absolute atomic E-state index is 3.43. The van der Waals surface area contributed by atoms with E-state index in [1.54, 1.807) is 0 Å². The zero-order valence-electron chi connectivity index (χ0n) is 6.66. The van der Waals surface area contributed by atoms with Crippen molar-refractivity contribution in [2.45, 2.75) is 25.7 Å². The van der Waals surface area contributed by atoms with Crippen LogP contribution in [0.15, 0.2) is 0 Å². The van der Waals surface area contributed by atoms with Crippen molar-refractivity contribution in [2.24, 2.45) is 0 Å². The van der Waals surface area contributed by atoms with Gasteiger partial charge in [0.05, 0.1) is 0 Å². The lowest BCUT2D eigenvalue weighted by Crippen LogP contribution is -2.24. The molecule has 1 rings (SSSR count). The molecule has 1 fully saturated rings. The highest BCUT2D eigenvalue weighted by atomic mass is 14.9. The summed E-state index contributed by atoms with van der Waals surface area (Å²) in [6.45, 7) is 4.84. The van der Waals surface area contributed by atoms with Gasteiger partial charge in [-0.25, -0.2) is 0 Å². The van der Waals surface area contributed by atoms with Crippen LogP contribution in [0, 0.1) is 0 Å². The topological polar surface area (TPSA) is 24.1 Å². The van der Waals surface area contributed by atoms with Crippen molar-refractivity contribution in [3.8, 4) is 0 Å². The van der Waals surface area contributed by atoms with Crippen molar-refractivity contribution in [1.29, 1.82) is 0 Å². The van der Waals surface area contributed by atoms with Crippen molar-refractivity contribution in [1.82, 2.24) is 10.6 Å². The third kappa shape index (κ3) is 3.85. The van der Waals surface area contributed by atoms with Gasteiger partial charge in [0.15, 0.2) is 0 Å². The molecule has 1 aliphatic heterocycles. The summed E-state index contributed by atoms with van der Waals surface area (Å²) in [4.78, 5) is 0. The Balaban J connectivity index is 2.00. The van der Waals surface area contributed by atoms with Crippen LogP contribution in [0.3, 0.4) is 0 Å². The van der Waals surface area contributed by atoms with Gasteiger partial charge in [-0.3, -0.25) is 0 Å². The summed E-state index contributed by atoms with van der Waals surface area (Å²) in [6.07, 6.45) is 5.31. The third-order valence-corrected chi connectivity index (χ3v) is 1.91. The SMILES string of the molecule is C1CCNCCCCNC1. The van der Waals surface area contributed by atoms with E-state index in [-0.39, 0.29) is 0 Å². The van der Waals surface area contributed by atoms with Crippen LogP contribution >= 0.6 is 0 Å². The summed E-state index contributed by atoms with van der Waals surface area (Å²) in [7, 11) is 0. The highest BCUT2D eigenvalue weighted by Gasteiger charge is 1.93. The molecule has 0 saturated carbocycles. The molecule has 0 spiro atoms. The minimum absolute atomic E-state index is 1.21. The second-order valence-corrected chi connectivity index (χ2v) is 2.91. The van der Waals surface area contributed by atoms with Crippen LogP contribution in [-0.4, -0.2) is 26.2 Å². The average Bonchev–Trinajstić information content (AvgIpc) is 2.01. The van der Waals surface area contributed by atoms with E-state index in [4.69, 9.17) is 0 Å². The van der Waals surface area contributed by atoms with E-state index in [2.05, 4.69) is 10.6 Å².